The van der Waals surface area contributed by atoms with E-state index in [9.17, 15) is 32.7 Å². The highest BCUT2D eigenvalue weighted by molar-refractivity contribution is 5.95. The van der Waals surface area contributed by atoms with Crippen LogP contribution in [0.1, 0.15) is 34.3 Å². The third kappa shape index (κ3) is 8.54. The Kier molecular flexibility index (Phi) is 9.51. The Labute approximate surface area is 235 Å². The van der Waals surface area contributed by atoms with E-state index in [1.807, 2.05) is 0 Å². The molecule has 1 fully saturated rings. The number of carboxylic acid groups (broad SMARTS) is 2. The minimum absolute atomic E-state index is 0.0439. The number of anilines is 2. The van der Waals surface area contributed by atoms with Gasteiger partial charge >= 0.3 is 18.1 Å². The molecule has 2 aromatic carbocycles. The Morgan fingerprint density at radius 2 is 1.69 bits per heavy atom. The molecule has 0 radical (unpaired) electrons. The minimum Gasteiger partial charge on any atom is -0.478 e. The summed E-state index contributed by atoms with van der Waals surface area (Å²) >= 11 is 0. The Bertz CT molecular complexity index is 1570. The first-order valence-electron chi connectivity index (χ1n) is 12.2. The molecule has 0 atom stereocenters. The molecule has 13 nitrogen and oxygen atoms in total. The molecule has 1 heterocycles. The number of carbonyl (C=O) groups excluding carboxylic acids is 1. The van der Waals surface area contributed by atoms with Crippen LogP contribution < -0.4 is 27.7 Å². The average Bonchev–Trinajstić information content (AvgIpc) is 3.73. The van der Waals surface area contributed by atoms with Crippen molar-refractivity contribution in [1.29, 1.82) is 5.41 Å². The van der Waals surface area contributed by atoms with E-state index in [0.717, 1.165) is 18.4 Å². The van der Waals surface area contributed by atoms with Crippen molar-refractivity contribution < 1.29 is 37.8 Å². The fourth-order valence-corrected chi connectivity index (χ4v) is 3.52. The van der Waals surface area contributed by atoms with E-state index in [4.69, 9.17) is 26.8 Å². The molecule has 1 aromatic heterocycles. The van der Waals surface area contributed by atoms with Gasteiger partial charge in [0.2, 0.25) is 5.91 Å². The molecule has 9 N–H and O–H groups in total. The summed E-state index contributed by atoms with van der Waals surface area (Å²) in [7, 11) is 0. The van der Waals surface area contributed by atoms with Crippen molar-refractivity contribution in [2.45, 2.75) is 38.1 Å². The number of alkyl halides is 3. The molecule has 42 heavy (non-hydrogen) atoms. The van der Waals surface area contributed by atoms with Crippen LogP contribution in [0.4, 0.5) is 24.7 Å². The first kappa shape index (κ1) is 31.1. The highest BCUT2D eigenvalue weighted by atomic mass is 19.4. The first-order chi connectivity index (χ1) is 19.6. The number of aliphatic carboxylic acids is 1. The standard InChI is InChI=1S/C24H25N7O4.C2HF3O2/c25-17-8-15(7-16(9-17)24(34)35)19-11-29-22(30-18-5-6-18)23(33)31(19)12-20(32)28-10-13-1-3-14(4-2-13)21(26)27;3-2(4,5)1(6)7/h1-4,7-9,11,18H,5-6,10,12,25H2,(H3,26,27)(H,28,32)(H,29,30)(H,34,35);(H,6,7). The number of carbonyl (C=O) groups is 3. The minimum atomic E-state index is -5.08. The van der Waals surface area contributed by atoms with Gasteiger partial charge in [-0.3, -0.25) is 19.6 Å². The third-order valence-electron chi connectivity index (χ3n) is 5.77. The van der Waals surface area contributed by atoms with E-state index in [1.165, 1.54) is 29.0 Å². The van der Waals surface area contributed by atoms with Crippen LogP contribution in [0.25, 0.3) is 11.3 Å². The Balaban J connectivity index is 0.000000616. The highest BCUT2D eigenvalue weighted by Crippen LogP contribution is 2.25. The lowest BCUT2D eigenvalue weighted by Gasteiger charge is -2.16. The molecular formula is C26H26F3N7O6. The van der Waals surface area contributed by atoms with Crippen molar-refractivity contribution in [3.8, 4) is 11.3 Å². The van der Waals surface area contributed by atoms with Crippen LogP contribution in [-0.4, -0.2) is 55.7 Å². The van der Waals surface area contributed by atoms with Crippen LogP contribution >= 0.6 is 0 Å². The third-order valence-corrected chi connectivity index (χ3v) is 5.77. The molecule has 1 saturated carbocycles. The van der Waals surface area contributed by atoms with Gasteiger partial charge in [-0.25, -0.2) is 14.6 Å². The normalized spacial score (nSPS) is 12.5. The maximum absolute atomic E-state index is 13.2. The number of aromatic carboxylic acids is 1. The Morgan fingerprint density at radius 1 is 1.07 bits per heavy atom. The zero-order valence-corrected chi connectivity index (χ0v) is 21.7. The number of benzene rings is 2. The van der Waals surface area contributed by atoms with Gasteiger partial charge in [0.1, 0.15) is 12.4 Å². The van der Waals surface area contributed by atoms with Crippen LogP contribution in [0, 0.1) is 5.41 Å². The summed E-state index contributed by atoms with van der Waals surface area (Å²) < 4.78 is 33.0. The molecule has 3 aromatic rings. The molecule has 16 heteroatoms. The summed E-state index contributed by atoms with van der Waals surface area (Å²) in [6, 6.07) is 11.3. The zero-order chi connectivity index (χ0) is 31.2. The number of halogens is 3. The van der Waals surface area contributed by atoms with Crippen molar-refractivity contribution in [3.63, 3.8) is 0 Å². The van der Waals surface area contributed by atoms with E-state index >= 15 is 0 Å². The number of aromatic nitrogens is 2. The predicted molar refractivity (Wildman–Crippen MR) is 145 cm³/mol. The van der Waals surface area contributed by atoms with Gasteiger partial charge in [0.15, 0.2) is 5.82 Å². The number of nitrogen functional groups attached to an aromatic ring is 2. The molecule has 4 rings (SSSR count). The molecule has 1 aliphatic carbocycles. The fraction of sp³-hybridized carbons (Fsp3) is 0.231. The number of amides is 1. The van der Waals surface area contributed by atoms with E-state index in [-0.39, 0.29) is 47.7 Å². The number of amidine groups is 1. The summed E-state index contributed by atoms with van der Waals surface area (Å²) in [6.45, 7) is -0.0976. The monoisotopic (exact) mass is 589 g/mol. The zero-order valence-electron chi connectivity index (χ0n) is 21.7. The number of rotatable bonds is 9. The SMILES string of the molecule is N=C(N)c1ccc(CNC(=O)Cn2c(-c3cc(N)cc(C(=O)O)c3)cnc(NC3CC3)c2=O)cc1.O=C(O)C(F)(F)F. The van der Waals surface area contributed by atoms with Gasteiger partial charge in [0.25, 0.3) is 5.56 Å². The quantitative estimate of drug-likeness (QED) is 0.109. The number of carboxylic acids is 2. The number of hydrogen-bond donors (Lipinski definition) is 7. The Hall–Kier alpha value is -5.41. The van der Waals surface area contributed by atoms with E-state index in [0.29, 0.717) is 11.1 Å². The summed E-state index contributed by atoms with van der Waals surface area (Å²) in [6.07, 6.45) is -1.79. The molecule has 0 bridgehead atoms. The van der Waals surface area contributed by atoms with Crippen molar-refractivity contribution in [1.82, 2.24) is 14.9 Å². The van der Waals surface area contributed by atoms with Crippen molar-refractivity contribution in [3.05, 3.63) is 75.7 Å². The van der Waals surface area contributed by atoms with Crippen molar-refractivity contribution in [2.75, 3.05) is 11.1 Å². The smallest absolute Gasteiger partial charge is 0.478 e. The lowest BCUT2D eigenvalue weighted by Crippen LogP contribution is -2.34. The number of nitrogens with two attached hydrogens (primary N) is 2. The van der Waals surface area contributed by atoms with E-state index in [1.54, 1.807) is 24.3 Å². The molecule has 222 valence electrons. The van der Waals surface area contributed by atoms with Gasteiger partial charge in [-0.05, 0) is 36.6 Å². The summed E-state index contributed by atoms with van der Waals surface area (Å²) in [5.74, 6) is -4.26. The first-order valence-corrected chi connectivity index (χ1v) is 12.2. The molecule has 0 saturated heterocycles. The average molecular weight is 590 g/mol. The van der Waals surface area contributed by atoms with Crippen LogP contribution in [0.5, 0.6) is 0 Å². The van der Waals surface area contributed by atoms with Crippen molar-refractivity contribution >= 4 is 35.2 Å². The Morgan fingerprint density at radius 3 is 2.21 bits per heavy atom. The van der Waals surface area contributed by atoms with Gasteiger partial charge in [0.05, 0.1) is 17.5 Å². The van der Waals surface area contributed by atoms with Crippen LogP contribution in [0.3, 0.4) is 0 Å². The topological polar surface area (TPSA) is 227 Å². The summed E-state index contributed by atoms with van der Waals surface area (Å²) in [5, 5.41) is 29.8. The van der Waals surface area contributed by atoms with E-state index in [2.05, 4.69) is 15.6 Å². The molecule has 1 amide bonds. The summed E-state index contributed by atoms with van der Waals surface area (Å²) in [5.41, 5.74) is 13.0. The van der Waals surface area contributed by atoms with Gasteiger partial charge in [-0.15, -0.1) is 0 Å². The second kappa shape index (κ2) is 12.8. The fourth-order valence-electron chi connectivity index (χ4n) is 3.52. The van der Waals surface area contributed by atoms with Gasteiger partial charge in [-0.2, -0.15) is 13.2 Å². The van der Waals surface area contributed by atoms with Crippen LogP contribution in [0.2, 0.25) is 0 Å². The number of nitrogens with zero attached hydrogens (tertiary/aromatic N) is 2. The van der Waals surface area contributed by atoms with Gasteiger partial charge in [-0.1, -0.05) is 24.3 Å². The van der Waals surface area contributed by atoms with E-state index < -0.39 is 29.6 Å². The maximum atomic E-state index is 13.2. The van der Waals surface area contributed by atoms with Crippen molar-refractivity contribution in [2.24, 2.45) is 5.73 Å². The van der Waals surface area contributed by atoms with Crippen LogP contribution in [-0.2, 0) is 22.7 Å². The predicted octanol–water partition coefficient (Wildman–Crippen LogP) is 2.00. The number of hydrogen-bond acceptors (Lipinski definition) is 8. The molecule has 1 aliphatic rings. The highest BCUT2D eigenvalue weighted by Gasteiger charge is 2.38. The van der Waals surface area contributed by atoms with Gasteiger partial charge in [0, 0.05) is 29.4 Å². The second-order valence-corrected chi connectivity index (χ2v) is 9.14. The number of nitrogens with one attached hydrogen (secondary N) is 3. The molecule has 0 aliphatic heterocycles. The van der Waals surface area contributed by atoms with Crippen LogP contribution in [0.15, 0.2) is 53.5 Å². The second-order valence-electron chi connectivity index (χ2n) is 9.14. The van der Waals surface area contributed by atoms with Gasteiger partial charge < -0.3 is 32.3 Å². The lowest BCUT2D eigenvalue weighted by molar-refractivity contribution is -0.192. The lowest BCUT2D eigenvalue weighted by atomic mass is 10.1. The summed E-state index contributed by atoms with van der Waals surface area (Å²) in [4.78, 5) is 50.6. The molecule has 0 spiro atoms. The maximum Gasteiger partial charge on any atom is 0.490 e. The largest absolute Gasteiger partial charge is 0.490 e. The molecular weight excluding hydrogens is 563 g/mol. The molecule has 0 unspecified atom stereocenters.